The normalized spacial score (nSPS) is 17.2. The predicted molar refractivity (Wildman–Crippen MR) is 65.9 cm³/mol. The van der Waals surface area contributed by atoms with E-state index in [1.165, 1.54) is 8.47 Å². The highest BCUT2D eigenvalue weighted by Gasteiger charge is 2.50. The van der Waals surface area contributed by atoms with Gasteiger partial charge in [0.25, 0.3) is 0 Å². The zero-order chi connectivity index (χ0) is 11.1. The molecule has 0 spiro atoms. The number of carbonyl (C=O) groups is 1. The molecule has 0 aromatic heterocycles. The van der Waals surface area contributed by atoms with E-state index in [4.69, 9.17) is 5.11 Å². The lowest BCUT2D eigenvalue weighted by molar-refractivity contribution is 0.132. The van der Waals surface area contributed by atoms with Crippen molar-refractivity contribution in [1.29, 1.82) is 0 Å². The van der Waals surface area contributed by atoms with Crippen molar-refractivity contribution >= 4 is 28.7 Å². The quantitative estimate of drug-likeness (QED) is 0.852. The van der Waals surface area contributed by atoms with Gasteiger partial charge in [0, 0.05) is 10.6 Å². The summed E-state index contributed by atoms with van der Waals surface area (Å²) in [6.07, 6.45) is 0.998. The molecule has 1 aliphatic carbocycles. The fourth-order valence-corrected chi connectivity index (χ4v) is 2.24. The Morgan fingerprint density at radius 1 is 1.40 bits per heavy atom. The van der Waals surface area contributed by atoms with E-state index < -0.39 is 6.09 Å². The summed E-state index contributed by atoms with van der Waals surface area (Å²) in [5, 5.41) is 9.00. The summed E-state index contributed by atoms with van der Waals surface area (Å²) in [6.45, 7) is 0. The van der Waals surface area contributed by atoms with E-state index in [9.17, 15) is 4.79 Å². The molecule has 1 amide bonds. The average molecular weight is 317 g/mol. The summed E-state index contributed by atoms with van der Waals surface area (Å²) in [4.78, 5) is 12.4. The molecule has 0 saturated heterocycles. The van der Waals surface area contributed by atoms with Crippen LogP contribution in [0.3, 0.4) is 0 Å². The SMILES string of the molecule is CN(C(=O)O)C1(c2ccc(I)cc2)CC1. The number of amides is 1. The van der Waals surface area contributed by atoms with Crippen LogP contribution in [0.5, 0.6) is 0 Å². The van der Waals surface area contributed by atoms with Crippen molar-refractivity contribution in [3.63, 3.8) is 0 Å². The highest BCUT2D eigenvalue weighted by molar-refractivity contribution is 14.1. The number of carboxylic acid groups (broad SMARTS) is 1. The first kappa shape index (κ1) is 10.7. The van der Waals surface area contributed by atoms with Crippen LogP contribution in [0.25, 0.3) is 0 Å². The van der Waals surface area contributed by atoms with Crippen molar-refractivity contribution in [1.82, 2.24) is 4.90 Å². The van der Waals surface area contributed by atoms with Crippen LogP contribution in [0.4, 0.5) is 4.79 Å². The Bertz CT molecular complexity index is 384. The molecule has 0 bridgehead atoms. The second-order valence-corrected chi connectivity index (χ2v) is 5.13. The molecule has 0 atom stereocenters. The second kappa shape index (κ2) is 3.66. The maximum atomic E-state index is 11.0. The molecule has 80 valence electrons. The number of benzene rings is 1. The first-order valence-corrected chi connectivity index (χ1v) is 5.87. The number of rotatable bonds is 2. The molecular weight excluding hydrogens is 305 g/mol. The standard InChI is InChI=1S/C11H12INO2/c1-13(10(14)15)11(6-7-11)8-2-4-9(12)5-3-8/h2-5H,6-7H2,1H3,(H,14,15). The Kier molecular flexibility index (Phi) is 2.62. The average Bonchev–Trinajstić information content (AvgIpc) is 2.99. The van der Waals surface area contributed by atoms with Crippen LogP contribution in [-0.2, 0) is 5.54 Å². The van der Waals surface area contributed by atoms with Gasteiger partial charge in [0.15, 0.2) is 0 Å². The van der Waals surface area contributed by atoms with E-state index in [1.54, 1.807) is 7.05 Å². The molecular formula is C11H12INO2. The van der Waals surface area contributed by atoms with Gasteiger partial charge in [-0.2, -0.15) is 0 Å². The summed E-state index contributed by atoms with van der Waals surface area (Å²) in [6, 6.07) is 8.08. The molecule has 1 saturated carbocycles. The lowest BCUT2D eigenvalue weighted by Gasteiger charge is -2.25. The molecule has 1 aromatic rings. The Morgan fingerprint density at radius 2 is 1.93 bits per heavy atom. The van der Waals surface area contributed by atoms with Crippen molar-refractivity contribution in [3.8, 4) is 0 Å². The molecule has 0 unspecified atom stereocenters. The highest BCUT2D eigenvalue weighted by Crippen LogP contribution is 2.50. The summed E-state index contributed by atoms with van der Waals surface area (Å²) < 4.78 is 1.17. The first-order chi connectivity index (χ1) is 7.06. The smallest absolute Gasteiger partial charge is 0.407 e. The molecule has 15 heavy (non-hydrogen) atoms. The number of hydrogen-bond donors (Lipinski definition) is 1. The van der Waals surface area contributed by atoms with Gasteiger partial charge in [-0.15, -0.1) is 0 Å². The fraction of sp³-hybridized carbons (Fsp3) is 0.364. The molecule has 0 heterocycles. The van der Waals surface area contributed by atoms with Gasteiger partial charge in [-0.05, 0) is 53.1 Å². The van der Waals surface area contributed by atoms with Gasteiger partial charge in [0.2, 0.25) is 0 Å². The topological polar surface area (TPSA) is 40.5 Å². The third-order valence-corrected chi connectivity index (χ3v) is 3.75. The second-order valence-electron chi connectivity index (χ2n) is 3.88. The first-order valence-electron chi connectivity index (χ1n) is 4.79. The van der Waals surface area contributed by atoms with Crippen LogP contribution >= 0.6 is 22.6 Å². The molecule has 1 N–H and O–H groups in total. The third-order valence-electron chi connectivity index (χ3n) is 3.03. The monoisotopic (exact) mass is 317 g/mol. The van der Waals surface area contributed by atoms with E-state index in [0.717, 1.165) is 18.4 Å². The van der Waals surface area contributed by atoms with Crippen LogP contribution in [0.2, 0.25) is 0 Å². The zero-order valence-electron chi connectivity index (χ0n) is 8.40. The number of hydrogen-bond acceptors (Lipinski definition) is 1. The molecule has 1 aromatic carbocycles. The van der Waals surface area contributed by atoms with E-state index in [0.29, 0.717) is 0 Å². The molecule has 3 nitrogen and oxygen atoms in total. The van der Waals surface area contributed by atoms with E-state index >= 15 is 0 Å². The van der Waals surface area contributed by atoms with Crippen LogP contribution in [0.15, 0.2) is 24.3 Å². The molecule has 1 aliphatic rings. The summed E-state index contributed by atoms with van der Waals surface area (Å²) in [5.41, 5.74) is 0.851. The number of halogens is 1. The van der Waals surface area contributed by atoms with Gasteiger partial charge in [-0.1, -0.05) is 12.1 Å². The van der Waals surface area contributed by atoms with E-state index in [1.807, 2.05) is 24.3 Å². The summed E-state index contributed by atoms with van der Waals surface area (Å²) in [7, 11) is 1.65. The molecule has 1 fully saturated rings. The summed E-state index contributed by atoms with van der Waals surface area (Å²) >= 11 is 2.25. The third kappa shape index (κ3) is 1.82. The Morgan fingerprint density at radius 3 is 2.33 bits per heavy atom. The van der Waals surface area contributed by atoms with Crippen molar-refractivity contribution in [3.05, 3.63) is 33.4 Å². The van der Waals surface area contributed by atoms with Crippen molar-refractivity contribution in [2.24, 2.45) is 0 Å². The van der Waals surface area contributed by atoms with Gasteiger partial charge >= 0.3 is 6.09 Å². The maximum Gasteiger partial charge on any atom is 0.407 e. The number of nitrogens with zero attached hydrogens (tertiary/aromatic N) is 1. The Hall–Kier alpha value is -0.780. The highest BCUT2D eigenvalue weighted by atomic mass is 127. The van der Waals surface area contributed by atoms with Crippen molar-refractivity contribution in [2.45, 2.75) is 18.4 Å². The summed E-state index contributed by atoms with van der Waals surface area (Å²) in [5.74, 6) is 0. The molecule has 2 rings (SSSR count). The lowest BCUT2D eigenvalue weighted by Crippen LogP contribution is -2.35. The fourth-order valence-electron chi connectivity index (χ4n) is 1.88. The molecule has 0 radical (unpaired) electrons. The predicted octanol–water partition coefficient (Wildman–Crippen LogP) is 2.89. The van der Waals surface area contributed by atoms with Crippen LogP contribution < -0.4 is 0 Å². The van der Waals surface area contributed by atoms with Gasteiger partial charge in [-0.25, -0.2) is 4.79 Å². The molecule has 4 heteroatoms. The van der Waals surface area contributed by atoms with Gasteiger partial charge < -0.3 is 10.0 Å². The van der Waals surface area contributed by atoms with Crippen molar-refractivity contribution < 1.29 is 9.90 Å². The van der Waals surface area contributed by atoms with Gasteiger partial charge in [0.1, 0.15) is 0 Å². The van der Waals surface area contributed by atoms with Crippen LogP contribution in [0.1, 0.15) is 18.4 Å². The zero-order valence-corrected chi connectivity index (χ0v) is 10.6. The Labute approximate surface area is 102 Å². The Balaban J connectivity index is 2.30. The largest absolute Gasteiger partial charge is 0.465 e. The molecule has 0 aliphatic heterocycles. The van der Waals surface area contributed by atoms with E-state index in [-0.39, 0.29) is 5.54 Å². The van der Waals surface area contributed by atoms with Gasteiger partial charge in [-0.3, -0.25) is 0 Å². The maximum absolute atomic E-state index is 11.0. The van der Waals surface area contributed by atoms with Gasteiger partial charge in [0.05, 0.1) is 5.54 Å². The van der Waals surface area contributed by atoms with E-state index in [2.05, 4.69) is 22.6 Å². The minimum absolute atomic E-state index is 0.254. The van der Waals surface area contributed by atoms with Crippen LogP contribution in [-0.4, -0.2) is 23.1 Å². The van der Waals surface area contributed by atoms with Crippen molar-refractivity contribution in [2.75, 3.05) is 7.05 Å². The minimum atomic E-state index is -0.856. The van der Waals surface area contributed by atoms with Crippen LogP contribution in [0, 0.1) is 3.57 Å². The lowest BCUT2D eigenvalue weighted by atomic mass is 10.0. The minimum Gasteiger partial charge on any atom is -0.465 e.